The van der Waals surface area contributed by atoms with Crippen molar-refractivity contribution < 1.29 is 29.3 Å². The Kier molecular flexibility index (Phi) is 7.80. The summed E-state index contributed by atoms with van der Waals surface area (Å²) < 4.78 is 6.74. The van der Waals surface area contributed by atoms with Crippen LogP contribution in [-0.2, 0) is 31.3 Å². The minimum atomic E-state index is -1.45. The van der Waals surface area contributed by atoms with Crippen molar-refractivity contribution in [1.29, 1.82) is 0 Å². The molecule has 0 aliphatic carbocycles. The zero-order chi connectivity index (χ0) is 29.5. The Balaban J connectivity index is 1.52. The summed E-state index contributed by atoms with van der Waals surface area (Å²) in [5, 5.41) is 21.1. The van der Waals surface area contributed by atoms with Crippen LogP contribution in [0.3, 0.4) is 0 Å². The van der Waals surface area contributed by atoms with E-state index in [0.717, 1.165) is 5.56 Å². The third-order valence-corrected chi connectivity index (χ3v) is 8.76. The molecule has 9 nitrogen and oxygen atoms in total. The van der Waals surface area contributed by atoms with Crippen molar-refractivity contribution in [3.8, 4) is 0 Å². The second-order valence-corrected chi connectivity index (χ2v) is 11.8. The average molecular weight is 562 g/mol. The second kappa shape index (κ2) is 11.0. The molecule has 0 unspecified atom stereocenters. The van der Waals surface area contributed by atoms with Crippen LogP contribution in [0.5, 0.6) is 0 Å². The van der Waals surface area contributed by atoms with Crippen molar-refractivity contribution >= 4 is 29.1 Å². The highest BCUT2D eigenvalue weighted by atomic mass is 16.5. The average Bonchev–Trinajstić information content (AvgIpc) is 3.34. The van der Waals surface area contributed by atoms with Gasteiger partial charge in [-0.05, 0) is 37.6 Å². The van der Waals surface area contributed by atoms with Gasteiger partial charge in [-0.1, -0.05) is 43.3 Å². The predicted molar refractivity (Wildman–Crippen MR) is 155 cm³/mol. The zero-order valence-electron chi connectivity index (χ0n) is 24.0. The number of amides is 3. The number of anilines is 2. The van der Waals surface area contributed by atoms with Crippen molar-refractivity contribution in [3.05, 3.63) is 72.3 Å². The fourth-order valence-electron chi connectivity index (χ4n) is 6.85. The topological polar surface area (TPSA) is 111 Å². The molecule has 3 amide bonds. The zero-order valence-corrected chi connectivity index (χ0v) is 24.0. The van der Waals surface area contributed by atoms with Crippen LogP contribution < -0.4 is 9.80 Å². The highest BCUT2D eigenvalue weighted by Gasteiger charge is 2.66. The van der Waals surface area contributed by atoms with Crippen LogP contribution in [0, 0.1) is 11.8 Å². The summed E-state index contributed by atoms with van der Waals surface area (Å²) >= 11 is 0. The van der Waals surface area contributed by atoms with E-state index in [1.54, 1.807) is 34.6 Å². The lowest BCUT2D eigenvalue weighted by atomic mass is 9.70. The Morgan fingerprint density at radius 2 is 1.95 bits per heavy atom. The van der Waals surface area contributed by atoms with E-state index in [9.17, 15) is 24.6 Å². The SMILES string of the molecule is C=CCN1C(=O)[C@@]2(O[C@@H](CC(=O)N(CCO)Cc3ccccc3)[C@H](C(C)(C)O)[C@H]2C)c2cc(N3CCC3=O)ccc21. The van der Waals surface area contributed by atoms with Crippen LogP contribution >= 0.6 is 0 Å². The van der Waals surface area contributed by atoms with Gasteiger partial charge in [0.15, 0.2) is 5.60 Å². The second-order valence-electron chi connectivity index (χ2n) is 11.8. The molecule has 5 rings (SSSR count). The van der Waals surface area contributed by atoms with E-state index in [2.05, 4.69) is 6.58 Å². The molecule has 0 radical (unpaired) electrons. The number of carbonyl (C=O) groups is 3. The molecule has 9 heteroatoms. The van der Waals surface area contributed by atoms with Crippen LogP contribution in [-0.4, -0.2) is 70.8 Å². The lowest BCUT2D eigenvalue weighted by Crippen LogP contribution is -2.46. The van der Waals surface area contributed by atoms with Gasteiger partial charge in [0, 0.05) is 55.7 Å². The summed E-state index contributed by atoms with van der Waals surface area (Å²) in [4.78, 5) is 45.1. The third kappa shape index (κ3) is 4.96. The highest BCUT2D eigenvalue weighted by Crippen LogP contribution is 2.58. The summed E-state index contributed by atoms with van der Waals surface area (Å²) in [5.74, 6) is -1.54. The van der Waals surface area contributed by atoms with E-state index in [1.165, 1.54) is 0 Å². The maximum Gasteiger partial charge on any atom is 0.264 e. The minimum absolute atomic E-state index is 0.0203. The smallest absolute Gasteiger partial charge is 0.264 e. The first kappa shape index (κ1) is 29.0. The van der Waals surface area contributed by atoms with Crippen LogP contribution in [0.1, 0.15) is 44.7 Å². The molecule has 1 spiro atoms. The summed E-state index contributed by atoms with van der Waals surface area (Å²) in [7, 11) is 0. The summed E-state index contributed by atoms with van der Waals surface area (Å²) in [5.41, 5.74) is 0.213. The molecule has 0 saturated carbocycles. The third-order valence-electron chi connectivity index (χ3n) is 8.76. The minimum Gasteiger partial charge on any atom is -0.395 e. The lowest BCUT2D eigenvalue weighted by Gasteiger charge is -2.35. The summed E-state index contributed by atoms with van der Waals surface area (Å²) in [6, 6.07) is 15.1. The van der Waals surface area contributed by atoms with Crippen molar-refractivity contribution in [1.82, 2.24) is 4.90 Å². The molecule has 2 aromatic carbocycles. The number of nitrogens with zero attached hydrogens (tertiary/aromatic N) is 3. The van der Waals surface area contributed by atoms with Crippen molar-refractivity contribution in [2.45, 2.75) is 57.5 Å². The number of benzene rings is 2. The van der Waals surface area contributed by atoms with Crippen LogP contribution in [0.4, 0.5) is 11.4 Å². The Labute approximate surface area is 241 Å². The summed E-state index contributed by atoms with van der Waals surface area (Å²) in [6.07, 6.45) is 1.29. The number of aliphatic hydroxyl groups is 2. The van der Waals surface area contributed by atoms with E-state index in [4.69, 9.17) is 4.74 Å². The summed E-state index contributed by atoms with van der Waals surface area (Å²) in [6.45, 7) is 10.2. The van der Waals surface area contributed by atoms with Crippen LogP contribution in [0.15, 0.2) is 61.2 Å². The molecule has 3 heterocycles. The fourth-order valence-corrected chi connectivity index (χ4v) is 6.85. The van der Waals surface area contributed by atoms with Gasteiger partial charge in [-0.2, -0.15) is 0 Å². The lowest BCUT2D eigenvalue weighted by molar-refractivity contribution is -0.150. The molecular formula is C32H39N3O6. The number of aliphatic hydroxyl groups excluding tert-OH is 1. The first-order chi connectivity index (χ1) is 19.5. The molecule has 2 saturated heterocycles. The Bertz CT molecular complexity index is 1340. The van der Waals surface area contributed by atoms with Gasteiger partial charge in [-0.25, -0.2) is 0 Å². The van der Waals surface area contributed by atoms with Crippen LogP contribution in [0.2, 0.25) is 0 Å². The number of carbonyl (C=O) groups excluding carboxylic acids is 3. The maximum absolute atomic E-state index is 14.3. The van der Waals surface area contributed by atoms with Gasteiger partial charge < -0.3 is 29.6 Å². The van der Waals surface area contributed by atoms with Crippen molar-refractivity contribution in [3.63, 3.8) is 0 Å². The van der Waals surface area contributed by atoms with Gasteiger partial charge in [-0.15, -0.1) is 6.58 Å². The molecule has 0 aromatic heterocycles. The maximum atomic E-state index is 14.3. The Morgan fingerprint density at radius 1 is 1.22 bits per heavy atom. The molecule has 3 aliphatic rings. The van der Waals surface area contributed by atoms with E-state index in [-0.39, 0.29) is 43.8 Å². The molecule has 0 bridgehead atoms. The molecule has 41 heavy (non-hydrogen) atoms. The fraction of sp³-hybridized carbons (Fsp3) is 0.469. The van der Waals surface area contributed by atoms with Gasteiger partial charge in [0.25, 0.3) is 5.91 Å². The number of ether oxygens (including phenoxy) is 1. The normalized spacial score (nSPS) is 25.4. The quantitative estimate of drug-likeness (QED) is 0.341. The highest BCUT2D eigenvalue weighted by molar-refractivity contribution is 6.09. The number of β-lactam (4-membered cyclic amide) rings is 1. The van der Waals surface area contributed by atoms with Crippen molar-refractivity contribution in [2.24, 2.45) is 11.8 Å². The van der Waals surface area contributed by atoms with Crippen LogP contribution in [0.25, 0.3) is 0 Å². The molecular weight excluding hydrogens is 522 g/mol. The number of fused-ring (bicyclic) bond motifs is 2. The van der Waals surface area contributed by atoms with Gasteiger partial charge >= 0.3 is 0 Å². The largest absolute Gasteiger partial charge is 0.395 e. The van der Waals surface area contributed by atoms with E-state index >= 15 is 0 Å². The van der Waals surface area contributed by atoms with E-state index in [1.807, 2.05) is 55.5 Å². The first-order valence-corrected chi connectivity index (χ1v) is 14.2. The van der Waals surface area contributed by atoms with Crippen molar-refractivity contribution in [2.75, 3.05) is 36.0 Å². The molecule has 3 aliphatic heterocycles. The monoisotopic (exact) mass is 561 g/mol. The standard InChI is InChI=1S/C32H39N3O6/c1-5-14-35-25-12-11-23(34-15-13-27(34)37)18-24(25)32(30(35)39)21(2)29(31(3,4)40)26(41-32)19-28(38)33(16-17-36)20-22-9-7-6-8-10-22/h5-12,18,21,26,29,36,40H,1,13-17,19-20H2,2-4H3/t21-,26+,29-,32+/m1/s1. The Hall–Kier alpha value is -3.53. The predicted octanol–water partition coefficient (Wildman–Crippen LogP) is 2.98. The molecule has 2 fully saturated rings. The van der Waals surface area contributed by atoms with Gasteiger partial charge in [-0.3, -0.25) is 14.4 Å². The number of hydrogen-bond donors (Lipinski definition) is 2. The van der Waals surface area contributed by atoms with E-state index < -0.39 is 29.1 Å². The first-order valence-electron chi connectivity index (χ1n) is 14.2. The van der Waals surface area contributed by atoms with Gasteiger partial charge in [0.2, 0.25) is 11.8 Å². The molecule has 218 valence electrons. The van der Waals surface area contributed by atoms with Gasteiger partial charge in [0.05, 0.1) is 30.4 Å². The molecule has 2 N–H and O–H groups in total. The Morgan fingerprint density at radius 3 is 2.54 bits per heavy atom. The van der Waals surface area contributed by atoms with E-state index in [0.29, 0.717) is 36.4 Å². The number of rotatable bonds is 10. The van der Waals surface area contributed by atoms with Gasteiger partial charge in [0.1, 0.15) is 0 Å². The molecule has 2 aromatic rings. The number of hydrogen-bond acceptors (Lipinski definition) is 6. The molecule has 4 atom stereocenters.